The smallest absolute Gasteiger partial charge is 0.389 e. The largest absolute Gasteiger partial charge is 0.496 e. The summed E-state index contributed by atoms with van der Waals surface area (Å²) in [5, 5.41) is 0. The highest BCUT2D eigenvalue weighted by Gasteiger charge is 2.28. The van der Waals surface area contributed by atoms with Gasteiger partial charge in [-0.05, 0) is 36.6 Å². The van der Waals surface area contributed by atoms with E-state index >= 15 is 0 Å². The Balaban J connectivity index is 2.22. The van der Waals surface area contributed by atoms with Crippen molar-refractivity contribution in [3.8, 4) is 22.6 Å². The van der Waals surface area contributed by atoms with Crippen LogP contribution in [0.5, 0.6) is 11.5 Å². The van der Waals surface area contributed by atoms with Gasteiger partial charge in [0.05, 0.1) is 19.8 Å². The highest BCUT2D eigenvalue weighted by atomic mass is 19.4. The zero-order chi connectivity index (χ0) is 19.8. The molecule has 0 atom stereocenters. The highest BCUT2D eigenvalue weighted by Crippen LogP contribution is 2.43. The molecule has 0 bridgehead atoms. The maximum absolute atomic E-state index is 14.4. The summed E-state index contributed by atoms with van der Waals surface area (Å²) in [5.41, 5.74) is 2.17. The summed E-state index contributed by atoms with van der Waals surface area (Å²) >= 11 is 0. The maximum atomic E-state index is 14.4. The summed E-state index contributed by atoms with van der Waals surface area (Å²) in [4.78, 5) is 4.28. The number of fused-ring (bicyclic) bond motifs is 1. The third-order valence-corrected chi connectivity index (χ3v) is 4.39. The number of pyridine rings is 1. The number of aryl methyl sites for hydroxylation is 1. The van der Waals surface area contributed by atoms with E-state index in [0.29, 0.717) is 39.4 Å². The van der Waals surface area contributed by atoms with Crippen LogP contribution in [0, 0.1) is 12.7 Å². The van der Waals surface area contributed by atoms with Gasteiger partial charge in [0.1, 0.15) is 23.0 Å². The van der Waals surface area contributed by atoms with Gasteiger partial charge in [0.15, 0.2) is 0 Å². The lowest BCUT2D eigenvalue weighted by Gasteiger charge is -2.18. The van der Waals surface area contributed by atoms with Gasteiger partial charge in [-0.1, -0.05) is 0 Å². The summed E-state index contributed by atoms with van der Waals surface area (Å²) in [6.07, 6.45) is -0.968. The minimum absolute atomic E-state index is 0.211. The fraction of sp³-hybridized carbons (Fsp3) is 0.316. The lowest BCUT2D eigenvalue weighted by atomic mass is 9.96. The van der Waals surface area contributed by atoms with Gasteiger partial charge in [-0.15, -0.1) is 0 Å². The van der Waals surface area contributed by atoms with Crippen LogP contribution >= 0.6 is 0 Å². The van der Waals surface area contributed by atoms with Crippen LogP contribution in [-0.4, -0.2) is 29.8 Å². The second-order valence-electron chi connectivity index (χ2n) is 6.13. The molecule has 1 aromatic carbocycles. The van der Waals surface area contributed by atoms with Gasteiger partial charge >= 0.3 is 6.18 Å². The first-order valence-corrected chi connectivity index (χ1v) is 8.19. The number of hydrogen-bond acceptors (Lipinski definition) is 3. The molecule has 144 valence electrons. The van der Waals surface area contributed by atoms with Crippen molar-refractivity contribution in [1.82, 2.24) is 9.38 Å². The van der Waals surface area contributed by atoms with E-state index in [-0.39, 0.29) is 6.42 Å². The molecule has 2 aromatic heterocycles. The molecule has 0 spiro atoms. The molecule has 0 fully saturated rings. The van der Waals surface area contributed by atoms with Crippen LogP contribution in [0.1, 0.15) is 17.5 Å². The SMILES string of the molecule is COc1cc(CCC(F)(F)F)cc(OC)c1-c1c(C)c(F)cn2ccnc12. The van der Waals surface area contributed by atoms with Crippen LogP contribution in [0.2, 0.25) is 0 Å². The van der Waals surface area contributed by atoms with Crippen LogP contribution in [0.3, 0.4) is 0 Å². The minimum Gasteiger partial charge on any atom is -0.496 e. The van der Waals surface area contributed by atoms with Gasteiger partial charge in [0, 0.05) is 30.6 Å². The number of benzene rings is 1. The first-order valence-electron chi connectivity index (χ1n) is 8.19. The lowest BCUT2D eigenvalue weighted by Crippen LogP contribution is -2.09. The number of methoxy groups -OCH3 is 2. The molecule has 27 heavy (non-hydrogen) atoms. The van der Waals surface area contributed by atoms with Crippen LogP contribution in [0.4, 0.5) is 17.6 Å². The molecule has 0 N–H and O–H groups in total. The average Bonchev–Trinajstić information content (AvgIpc) is 3.07. The molecule has 2 heterocycles. The highest BCUT2D eigenvalue weighted by molar-refractivity contribution is 5.88. The average molecular weight is 382 g/mol. The van der Waals surface area contributed by atoms with Crippen molar-refractivity contribution >= 4 is 5.65 Å². The van der Waals surface area contributed by atoms with E-state index in [4.69, 9.17) is 9.47 Å². The molecule has 3 aromatic rings. The molecule has 0 aliphatic heterocycles. The summed E-state index contributed by atoms with van der Waals surface area (Å²) in [5.74, 6) is 0.149. The summed E-state index contributed by atoms with van der Waals surface area (Å²) in [7, 11) is 2.81. The first-order chi connectivity index (χ1) is 12.7. The molecule has 0 saturated carbocycles. The molecule has 8 heteroatoms. The zero-order valence-corrected chi connectivity index (χ0v) is 15.0. The normalized spacial score (nSPS) is 11.8. The van der Waals surface area contributed by atoms with E-state index in [1.54, 1.807) is 13.1 Å². The van der Waals surface area contributed by atoms with E-state index in [9.17, 15) is 17.6 Å². The van der Waals surface area contributed by atoms with Gasteiger partial charge in [-0.2, -0.15) is 13.2 Å². The fourth-order valence-corrected chi connectivity index (χ4v) is 3.06. The van der Waals surface area contributed by atoms with Crippen molar-refractivity contribution in [2.24, 2.45) is 0 Å². The Morgan fingerprint density at radius 2 is 1.70 bits per heavy atom. The Kier molecular flexibility index (Phi) is 4.99. The van der Waals surface area contributed by atoms with Crippen LogP contribution in [0.15, 0.2) is 30.7 Å². The third-order valence-electron chi connectivity index (χ3n) is 4.39. The number of ether oxygens (including phenoxy) is 2. The monoisotopic (exact) mass is 382 g/mol. The lowest BCUT2D eigenvalue weighted by molar-refractivity contribution is -0.134. The summed E-state index contributed by atoms with van der Waals surface area (Å²) < 4.78 is 64.5. The summed E-state index contributed by atoms with van der Waals surface area (Å²) in [6.45, 7) is 1.61. The fourth-order valence-electron chi connectivity index (χ4n) is 3.06. The van der Waals surface area contributed by atoms with Crippen molar-refractivity contribution in [3.63, 3.8) is 0 Å². The quantitative estimate of drug-likeness (QED) is 0.585. The molecule has 0 amide bonds. The molecule has 0 aliphatic carbocycles. The molecule has 0 unspecified atom stereocenters. The standard InChI is InChI=1S/C19H18F4N2O2/c1-11-13(20)10-25-7-6-24-18(25)16(11)17-14(26-2)8-12(9-15(17)27-3)4-5-19(21,22)23/h6-10H,4-5H2,1-3H3. The number of hydrogen-bond donors (Lipinski definition) is 0. The molecule has 3 rings (SSSR count). The van der Waals surface area contributed by atoms with Crippen LogP contribution < -0.4 is 9.47 Å². The third kappa shape index (κ3) is 3.70. The first kappa shape index (κ1) is 19.0. The number of alkyl halides is 3. The number of halogens is 4. The topological polar surface area (TPSA) is 35.8 Å². The minimum atomic E-state index is -4.26. The maximum Gasteiger partial charge on any atom is 0.389 e. The van der Waals surface area contributed by atoms with E-state index in [2.05, 4.69) is 4.98 Å². The van der Waals surface area contributed by atoms with Crippen LogP contribution in [0.25, 0.3) is 16.8 Å². The van der Waals surface area contributed by atoms with Crippen molar-refractivity contribution in [1.29, 1.82) is 0 Å². The second-order valence-corrected chi connectivity index (χ2v) is 6.13. The number of nitrogens with zero attached hydrogens (tertiary/aromatic N) is 2. The molecule has 4 nitrogen and oxygen atoms in total. The number of aromatic nitrogens is 2. The van der Waals surface area contributed by atoms with Gasteiger partial charge in [-0.3, -0.25) is 0 Å². The summed E-state index contributed by atoms with van der Waals surface area (Å²) in [6, 6.07) is 3.04. The molecule has 0 saturated heterocycles. The predicted octanol–water partition coefficient (Wildman–Crippen LogP) is 4.96. The van der Waals surface area contributed by atoms with Crippen molar-refractivity contribution in [2.75, 3.05) is 14.2 Å². The Labute approximate surface area is 153 Å². The van der Waals surface area contributed by atoms with Gasteiger partial charge in [0.2, 0.25) is 0 Å². The van der Waals surface area contributed by atoms with Gasteiger partial charge < -0.3 is 13.9 Å². The predicted molar refractivity (Wildman–Crippen MR) is 92.8 cm³/mol. The number of imidazole rings is 1. The Morgan fingerprint density at radius 3 is 2.26 bits per heavy atom. The van der Waals surface area contributed by atoms with Crippen molar-refractivity contribution < 1.29 is 27.0 Å². The molecule has 0 aliphatic rings. The second kappa shape index (κ2) is 7.09. The van der Waals surface area contributed by atoms with E-state index in [1.807, 2.05) is 0 Å². The Hall–Kier alpha value is -2.77. The van der Waals surface area contributed by atoms with Crippen molar-refractivity contribution in [2.45, 2.75) is 25.9 Å². The Morgan fingerprint density at radius 1 is 1.07 bits per heavy atom. The molecule has 0 radical (unpaired) electrons. The zero-order valence-electron chi connectivity index (χ0n) is 15.0. The van der Waals surface area contributed by atoms with Gasteiger partial charge in [0.25, 0.3) is 0 Å². The Bertz CT molecular complexity index is 955. The van der Waals surface area contributed by atoms with Gasteiger partial charge in [-0.25, -0.2) is 9.37 Å². The molecular formula is C19H18F4N2O2. The molecular weight excluding hydrogens is 364 g/mol. The van der Waals surface area contributed by atoms with E-state index < -0.39 is 18.4 Å². The number of rotatable bonds is 5. The van der Waals surface area contributed by atoms with Crippen LogP contribution in [-0.2, 0) is 6.42 Å². The van der Waals surface area contributed by atoms with E-state index in [0.717, 1.165) is 0 Å². The van der Waals surface area contributed by atoms with E-state index in [1.165, 1.54) is 43.1 Å². The van der Waals surface area contributed by atoms with Crippen molar-refractivity contribution in [3.05, 3.63) is 47.7 Å².